The van der Waals surface area contributed by atoms with E-state index in [-0.39, 0.29) is 12.1 Å². The molecule has 2 aliphatic carbocycles. The summed E-state index contributed by atoms with van der Waals surface area (Å²) < 4.78 is 1.10. The first-order valence-electron chi connectivity index (χ1n) is 7.09. The summed E-state index contributed by atoms with van der Waals surface area (Å²) >= 11 is 3.54. The van der Waals surface area contributed by atoms with Crippen LogP contribution in [0.4, 0.5) is 4.79 Å². The minimum Gasteiger partial charge on any atom is -0.388 e. The highest BCUT2D eigenvalue weighted by Gasteiger charge is 2.41. The Morgan fingerprint density at radius 2 is 2.15 bits per heavy atom. The van der Waals surface area contributed by atoms with Crippen LogP contribution in [0.1, 0.15) is 37.2 Å². The van der Waals surface area contributed by atoms with Gasteiger partial charge in [0.1, 0.15) is 0 Å². The van der Waals surface area contributed by atoms with E-state index in [0.29, 0.717) is 12.5 Å². The van der Waals surface area contributed by atoms with Crippen molar-refractivity contribution in [3.8, 4) is 0 Å². The second kappa shape index (κ2) is 5.37. The molecule has 0 aliphatic heterocycles. The number of hydrogen-bond acceptors (Lipinski definition) is 2. The fourth-order valence-electron chi connectivity index (χ4n) is 2.70. The van der Waals surface area contributed by atoms with Crippen LogP contribution in [0, 0.1) is 0 Å². The van der Waals surface area contributed by atoms with Crippen molar-refractivity contribution < 1.29 is 9.90 Å². The van der Waals surface area contributed by atoms with E-state index in [9.17, 15) is 9.90 Å². The number of halogens is 1. The molecule has 20 heavy (non-hydrogen) atoms. The lowest BCUT2D eigenvalue weighted by Gasteiger charge is -2.36. The van der Waals surface area contributed by atoms with Gasteiger partial charge in [-0.2, -0.15) is 0 Å². The fraction of sp³-hybridized carbons (Fsp3) is 0.533. The highest BCUT2D eigenvalue weighted by Crippen LogP contribution is 2.43. The maximum absolute atomic E-state index is 11.8. The van der Waals surface area contributed by atoms with Gasteiger partial charge in [0.2, 0.25) is 0 Å². The zero-order valence-corrected chi connectivity index (χ0v) is 12.8. The van der Waals surface area contributed by atoms with Crippen LogP contribution in [0.15, 0.2) is 28.7 Å². The SMILES string of the molecule is O=C(NCC1(O)CCC1)N[C@H]1C[C@H]1c1ccccc1Br. The van der Waals surface area contributed by atoms with Crippen LogP contribution >= 0.6 is 15.9 Å². The Morgan fingerprint density at radius 3 is 2.80 bits per heavy atom. The molecule has 4 nitrogen and oxygen atoms in total. The minimum absolute atomic E-state index is 0.176. The highest BCUT2D eigenvalue weighted by molar-refractivity contribution is 9.10. The van der Waals surface area contributed by atoms with E-state index in [1.807, 2.05) is 18.2 Å². The Labute approximate surface area is 127 Å². The van der Waals surface area contributed by atoms with Crippen molar-refractivity contribution in [3.05, 3.63) is 34.3 Å². The number of rotatable bonds is 4. The molecule has 0 aromatic heterocycles. The molecule has 1 aromatic carbocycles. The van der Waals surface area contributed by atoms with Crippen LogP contribution in [0.25, 0.3) is 0 Å². The number of carbonyl (C=O) groups is 1. The molecule has 2 saturated carbocycles. The van der Waals surface area contributed by atoms with Crippen molar-refractivity contribution in [2.75, 3.05) is 6.54 Å². The average molecular weight is 339 g/mol. The van der Waals surface area contributed by atoms with Gasteiger partial charge in [-0.15, -0.1) is 0 Å². The van der Waals surface area contributed by atoms with Crippen LogP contribution in [0.5, 0.6) is 0 Å². The van der Waals surface area contributed by atoms with Crippen LogP contribution in [0.2, 0.25) is 0 Å². The second-order valence-corrected chi connectivity index (χ2v) is 6.73. The van der Waals surface area contributed by atoms with Crippen molar-refractivity contribution in [2.45, 2.75) is 43.2 Å². The van der Waals surface area contributed by atoms with Crippen molar-refractivity contribution in [1.82, 2.24) is 10.6 Å². The lowest BCUT2D eigenvalue weighted by molar-refractivity contribution is -0.0290. The number of carbonyl (C=O) groups excluding carboxylic acids is 1. The molecule has 5 heteroatoms. The van der Waals surface area contributed by atoms with Gasteiger partial charge in [-0.25, -0.2) is 4.79 Å². The lowest BCUT2D eigenvalue weighted by Crippen LogP contribution is -2.50. The van der Waals surface area contributed by atoms with Crippen LogP contribution in [-0.2, 0) is 0 Å². The molecule has 3 N–H and O–H groups in total. The number of urea groups is 1. The van der Waals surface area contributed by atoms with Gasteiger partial charge in [-0.1, -0.05) is 34.1 Å². The molecule has 0 unspecified atom stereocenters. The molecule has 108 valence electrons. The first-order chi connectivity index (χ1) is 9.57. The maximum Gasteiger partial charge on any atom is 0.315 e. The van der Waals surface area contributed by atoms with Gasteiger partial charge in [0.05, 0.1) is 5.60 Å². The molecular weight excluding hydrogens is 320 g/mol. The zero-order valence-electron chi connectivity index (χ0n) is 11.2. The van der Waals surface area contributed by atoms with Crippen molar-refractivity contribution in [2.24, 2.45) is 0 Å². The van der Waals surface area contributed by atoms with Crippen LogP contribution in [-0.4, -0.2) is 29.3 Å². The number of hydrogen-bond donors (Lipinski definition) is 3. The quantitative estimate of drug-likeness (QED) is 0.789. The molecular formula is C15H19BrN2O2. The van der Waals surface area contributed by atoms with E-state index in [1.54, 1.807) is 0 Å². The lowest BCUT2D eigenvalue weighted by atomic mass is 9.80. The third kappa shape index (κ3) is 2.99. The Kier molecular flexibility index (Phi) is 3.73. The van der Waals surface area contributed by atoms with Gasteiger partial charge in [0.25, 0.3) is 0 Å². The molecule has 0 heterocycles. The molecule has 0 radical (unpaired) electrons. The molecule has 2 atom stereocenters. The van der Waals surface area contributed by atoms with Gasteiger partial charge < -0.3 is 15.7 Å². The van der Waals surface area contributed by atoms with E-state index < -0.39 is 5.60 Å². The van der Waals surface area contributed by atoms with Crippen molar-refractivity contribution >= 4 is 22.0 Å². The Bertz CT molecular complexity index is 516. The molecule has 0 saturated heterocycles. The fourth-order valence-corrected chi connectivity index (χ4v) is 3.28. The van der Waals surface area contributed by atoms with E-state index >= 15 is 0 Å². The zero-order chi connectivity index (χ0) is 14.2. The third-order valence-electron chi connectivity index (χ3n) is 4.27. The smallest absolute Gasteiger partial charge is 0.315 e. The predicted octanol–water partition coefficient (Wildman–Crippen LogP) is 2.52. The van der Waals surface area contributed by atoms with Crippen LogP contribution < -0.4 is 10.6 Å². The largest absolute Gasteiger partial charge is 0.388 e. The monoisotopic (exact) mass is 338 g/mol. The standard InChI is InChI=1S/C15H19BrN2O2/c16-12-5-2-1-4-10(12)11-8-13(11)18-14(19)17-9-15(20)6-3-7-15/h1-2,4-5,11,13,20H,3,6-9H2,(H2,17,18,19)/t11-,13-/m0/s1. The van der Waals surface area contributed by atoms with Crippen molar-refractivity contribution in [1.29, 1.82) is 0 Å². The van der Waals surface area contributed by atoms with E-state index in [2.05, 4.69) is 32.6 Å². The van der Waals surface area contributed by atoms with Crippen LogP contribution in [0.3, 0.4) is 0 Å². The van der Waals surface area contributed by atoms with Gasteiger partial charge >= 0.3 is 6.03 Å². The molecule has 2 fully saturated rings. The molecule has 0 bridgehead atoms. The summed E-state index contributed by atoms with van der Waals surface area (Å²) in [5, 5.41) is 15.7. The molecule has 3 rings (SSSR count). The number of nitrogens with one attached hydrogen (secondary N) is 2. The van der Waals surface area contributed by atoms with Crippen molar-refractivity contribution in [3.63, 3.8) is 0 Å². The summed E-state index contributed by atoms with van der Waals surface area (Å²) in [7, 11) is 0. The second-order valence-electron chi connectivity index (χ2n) is 5.88. The first-order valence-corrected chi connectivity index (χ1v) is 7.88. The molecule has 1 aromatic rings. The number of aliphatic hydroxyl groups is 1. The van der Waals surface area contributed by atoms with E-state index in [4.69, 9.17) is 0 Å². The maximum atomic E-state index is 11.8. The first kappa shape index (κ1) is 13.9. The molecule has 0 spiro atoms. The summed E-state index contributed by atoms with van der Waals surface area (Å²) in [6, 6.07) is 8.14. The average Bonchev–Trinajstić information content (AvgIpc) is 3.13. The van der Waals surface area contributed by atoms with Gasteiger partial charge in [-0.05, 0) is 37.3 Å². The third-order valence-corrected chi connectivity index (χ3v) is 5.00. The Balaban J connectivity index is 1.46. The Hall–Kier alpha value is -1.07. The molecule has 2 amide bonds. The summed E-state index contributed by atoms with van der Waals surface area (Å²) in [5.74, 6) is 0.392. The molecule has 2 aliphatic rings. The summed E-state index contributed by atoms with van der Waals surface area (Å²) in [5.41, 5.74) is 0.582. The minimum atomic E-state index is -0.664. The van der Waals surface area contributed by atoms with Gasteiger partial charge in [-0.3, -0.25) is 0 Å². The summed E-state index contributed by atoms with van der Waals surface area (Å²) in [4.78, 5) is 11.8. The summed E-state index contributed by atoms with van der Waals surface area (Å²) in [6.45, 7) is 0.352. The number of benzene rings is 1. The normalized spacial score (nSPS) is 26.5. The van der Waals surface area contributed by atoms with E-state index in [1.165, 1.54) is 5.56 Å². The highest BCUT2D eigenvalue weighted by atomic mass is 79.9. The van der Waals surface area contributed by atoms with Gasteiger partial charge in [0, 0.05) is 23.0 Å². The Morgan fingerprint density at radius 1 is 1.40 bits per heavy atom. The van der Waals surface area contributed by atoms with Gasteiger partial charge in [0.15, 0.2) is 0 Å². The number of amides is 2. The predicted molar refractivity (Wildman–Crippen MR) is 80.6 cm³/mol. The van der Waals surface area contributed by atoms with E-state index in [0.717, 1.165) is 30.2 Å². The topological polar surface area (TPSA) is 61.4 Å². The summed E-state index contributed by atoms with van der Waals surface area (Å²) in [6.07, 6.45) is 3.60.